The Labute approximate surface area is 342 Å². The molecule has 6 unspecified atom stereocenters. The van der Waals surface area contributed by atoms with Gasteiger partial charge >= 0.3 is 5.97 Å². The summed E-state index contributed by atoms with van der Waals surface area (Å²) in [6.45, 7) is 4.44. The maximum absolute atomic E-state index is 12.7. The number of hydrogen-bond donors (Lipinski definition) is 4. The average Bonchev–Trinajstić information content (AvgIpc) is 3.20. The smallest absolute Gasteiger partial charge is 0.306 e. The Balaban J connectivity index is 2.25. The number of esters is 1. The Bertz CT molecular complexity index is 994. The molecule has 0 aliphatic carbocycles. The molecule has 0 bridgehead atoms. The molecular weight excluding hydrogens is 709 g/mol. The molecule has 1 aliphatic heterocycles. The van der Waals surface area contributed by atoms with Crippen LogP contribution in [-0.4, -0.2) is 89.6 Å². The number of hydrogen-bond acceptors (Lipinski definition) is 9. The Hall–Kier alpha value is -1.85. The number of ether oxygens (including phenoxy) is 4. The number of carbonyl (C=O) groups is 1. The highest BCUT2D eigenvalue weighted by Gasteiger charge is 2.44. The lowest BCUT2D eigenvalue weighted by Crippen LogP contribution is -2.59. The Morgan fingerprint density at radius 2 is 1.07 bits per heavy atom. The van der Waals surface area contributed by atoms with E-state index < -0.39 is 43.4 Å². The first-order valence-corrected chi connectivity index (χ1v) is 22.7. The van der Waals surface area contributed by atoms with Gasteiger partial charge in [-0.25, -0.2) is 0 Å². The largest absolute Gasteiger partial charge is 0.457 e. The molecule has 0 aromatic rings. The van der Waals surface area contributed by atoms with Crippen molar-refractivity contribution in [2.75, 3.05) is 26.4 Å². The molecule has 0 aromatic heterocycles. The predicted molar refractivity (Wildman–Crippen MR) is 228 cm³/mol. The third-order valence-corrected chi connectivity index (χ3v) is 10.2. The molecule has 0 aromatic carbocycles. The number of aliphatic hydroxyl groups is 4. The molecular formula is C47H84O9. The monoisotopic (exact) mass is 793 g/mol. The molecule has 9 heteroatoms. The summed E-state index contributed by atoms with van der Waals surface area (Å²) in [7, 11) is 0. The van der Waals surface area contributed by atoms with Gasteiger partial charge in [-0.05, 0) is 70.6 Å². The van der Waals surface area contributed by atoms with Gasteiger partial charge in [-0.3, -0.25) is 4.79 Å². The van der Waals surface area contributed by atoms with E-state index in [1.54, 1.807) is 0 Å². The van der Waals surface area contributed by atoms with Crippen molar-refractivity contribution in [1.29, 1.82) is 0 Å². The van der Waals surface area contributed by atoms with Crippen molar-refractivity contribution in [2.45, 2.75) is 218 Å². The first kappa shape index (κ1) is 52.2. The normalized spacial score (nSPS) is 21.0. The Morgan fingerprint density at radius 3 is 1.61 bits per heavy atom. The third kappa shape index (κ3) is 29.4. The fourth-order valence-electron chi connectivity index (χ4n) is 6.62. The maximum atomic E-state index is 12.7. The summed E-state index contributed by atoms with van der Waals surface area (Å²) < 4.78 is 22.8. The van der Waals surface area contributed by atoms with Crippen molar-refractivity contribution in [3.8, 4) is 0 Å². The van der Waals surface area contributed by atoms with Gasteiger partial charge in [-0.1, -0.05) is 152 Å². The van der Waals surface area contributed by atoms with Crippen LogP contribution >= 0.6 is 0 Å². The number of rotatable bonds is 38. The van der Waals surface area contributed by atoms with E-state index in [1.807, 2.05) is 0 Å². The summed E-state index contributed by atoms with van der Waals surface area (Å²) >= 11 is 0. The molecule has 1 fully saturated rings. The van der Waals surface area contributed by atoms with E-state index in [-0.39, 0.29) is 19.2 Å². The molecule has 1 saturated heterocycles. The lowest BCUT2D eigenvalue weighted by molar-refractivity contribution is -0.305. The van der Waals surface area contributed by atoms with E-state index in [0.717, 1.165) is 70.6 Å². The van der Waals surface area contributed by atoms with Gasteiger partial charge in [-0.2, -0.15) is 0 Å². The quantitative estimate of drug-likeness (QED) is 0.0274. The molecule has 1 rings (SSSR count). The predicted octanol–water partition coefficient (Wildman–Crippen LogP) is 10.1. The summed E-state index contributed by atoms with van der Waals surface area (Å²) in [6.07, 6.45) is 39.9. The molecule has 0 amide bonds. The molecule has 1 aliphatic rings. The minimum Gasteiger partial charge on any atom is -0.457 e. The fraction of sp³-hybridized carbons (Fsp3) is 0.809. The van der Waals surface area contributed by atoms with Gasteiger partial charge in [0, 0.05) is 13.0 Å². The van der Waals surface area contributed by atoms with Gasteiger partial charge in [0.1, 0.15) is 30.5 Å². The van der Waals surface area contributed by atoms with Crippen LogP contribution in [0.25, 0.3) is 0 Å². The van der Waals surface area contributed by atoms with Crippen LogP contribution in [0.15, 0.2) is 48.6 Å². The molecule has 0 spiro atoms. The van der Waals surface area contributed by atoms with Gasteiger partial charge < -0.3 is 39.4 Å². The van der Waals surface area contributed by atoms with Crippen LogP contribution in [0.3, 0.4) is 0 Å². The molecule has 56 heavy (non-hydrogen) atoms. The first-order chi connectivity index (χ1) is 27.4. The van der Waals surface area contributed by atoms with Gasteiger partial charge in [-0.15, -0.1) is 0 Å². The van der Waals surface area contributed by atoms with Crippen LogP contribution in [0.4, 0.5) is 0 Å². The van der Waals surface area contributed by atoms with E-state index in [9.17, 15) is 25.2 Å². The SMILES string of the molecule is CCC/C=C\C/C=C\CCCCCCCC(=O)OC(COCCCCCCCCCCCC/C=C\C/C=C\CCCCC)COC1OC(CO)C(O)C(O)C1O. The van der Waals surface area contributed by atoms with Crippen molar-refractivity contribution < 1.29 is 44.2 Å². The fourth-order valence-corrected chi connectivity index (χ4v) is 6.62. The molecule has 0 saturated carbocycles. The van der Waals surface area contributed by atoms with Gasteiger partial charge in [0.05, 0.1) is 19.8 Å². The van der Waals surface area contributed by atoms with Gasteiger partial charge in [0.25, 0.3) is 0 Å². The topological polar surface area (TPSA) is 135 Å². The second-order valence-corrected chi connectivity index (χ2v) is 15.5. The van der Waals surface area contributed by atoms with Crippen LogP contribution in [0.5, 0.6) is 0 Å². The van der Waals surface area contributed by atoms with Crippen LogP contribution in [0, 0.1) is 0 Å². The molecule has 326 valence electrons. The molecule has 9 nitrogen and oxygen atoms in total. The van der Waals surface area contributed by atoms with Crippen molar-refractivity contribution in [2.24, 2.45) is 0 Å². The highest BCUT2D eigenvalue weighted by molar-refractivity contribution is 5.69. The first-order valence-electron chi connectivity index (χ1n) is 22.7. The van der Waals surface area contributed by atoms with Crippen molar-refractivity contribution in [1.82, 2.24) is 0 Å². The van der Waals surface area contributed by atoms with E-state index in [1.165, 1.54) is 89.9 Å². The average molecular weight is 793 g/mol. The standard InChI is InChI=1S/C47H84O9/c1-3-5-7-9-11-13-15-17-18-19-20-21-22-23-25-27-29-31-33-35-37-53-39-41(40-54-47-46(52)45(51)44(50)42(38-48)56-47)55-43(49)36-34-32-30-28-26-24-16-14-12-10-8-6-4-2/h8,10-11,13-14,16-18,41-42,44-48,50-52H,3-7,9,12,15,19-40H2,1-2H3/b10-8-,13-11-,16-14-,18-17-. The van der Waals surface area contributed by atoms with E-state index in [2.05, 4.69) is 62.5 Å². The summed E-state index contributed by atoms with van der Waals surface area (Å²) in [6, 6.07) is 0. The number of aliphatic hydroxyl groups excluding tert-OH is 4. The lowest BCUT2D eigenvalue weighted by Gasteiger charge is -2.39. The third-order valence-electron chi connectivity index (χ3n) is 10.2. The summed E-state index contributed by atoms with van der Waals surface area (Å²) in [4.78, 5) is 12.7. The molecule has 0 radical (unpaired) electrons. The Morgan fingerprint density at radius 1 is 0.571 bits per heavy atom. The zero-order chi connectivity index (χ0) is 40.7. The van der Waals surface area contributed by atoms with Crippen LogP contribution in [0.1, 0.15) is 181 Å². The Kier molecular flexibility index (Phi) is 36.0. The van der Waals surface area contributed by atoms with E-state index in [4.69, 9.17) is 18.9 Å². The highest BCUT2D eigenvalue weighted by Crippen LogP contribution is 2.22. The summed E-state index contributed by atoms with van der Waals surface area (Å²) in [5, 5.41) is 40.1. The zero-order valence-corrected chi connectivity index (χ0v) is 35.6. The van der Waals surface area contributed by atoms with Gasteiger partial charge in [0.15, 0.2) is 6.29 Å². The van der Waals surface area contributed by atoms with Crippen molar-refractivity contribution in [3.63, 3.8) is 0 Å². The van der Waals surface area contributed by atoms with Gasteiger partial charge in [0.2, 0.25) is 0 Å². The van der Waals surface area contributed by atoms with Crippen molar-refractivity contribution in [3.05, 3.63) is 48.6 Å². The molecule has 6 atom stereocenters. The minimum atomic E-state index is -1.54. The molecule has 4 N–H and O–H groups in total. The van der Waals surface area contributed by atoms with Crippen LogP contribution < -0.4 is 0 Å². The number of carbonyl (C=O) groups excluding carboxylic acids is 1. The minimum absolute atomic E-state index is 0.121. The van der Waals surface area contributed by atoms with Crippen molar-refractivity contribution >= 4 is 5.97 Å². The summed E-state index contributed by atoms with van der Waals surface area (Å²) in [5.74, 6) is -0.330. The van der Waals surface area contributed by atoms with Crippen LogP contribution in [-0.2, 0) is 23.7 Å². The number of unbranched alkanes of at least 4 members (excludes halogenated alkanes) is 19. The van der Waals surface area contributed by atoms with Crippen LogP contribution in [0.2, 0.25) is 0 Å². The zero-order valence-electron chi connectivity index (χ0n) is 35.6. The number of allylic oxidation sites excluding steroid dienone is 8. The lowest BCUT2D eigenvalue weighted by atomic mass is 9.99. The highest BCUT2D eigenvalue weighted by atomic mass is 16.7. The second-order valence-electron chi connectivity index (χ2n) is 15.5. The maximum Gasteiger partial charge on any atom is 0.306 e. The van der Waals surface area contributed by atoms with E-state index >= 15 is 0 Å². The second kappa shape index (κ2) is 38.7. The summed E-state index contributed by atoms with van der Waals surface area (Å²) in [5.41, 5.74) is 0. The molecule has 1 heterocycles. The van der Waals surface area contributed by atoms with E-state index in [0.29, 0.717) is 13.0 Å².